The molecule has 0 nitrogen and oxygen atoms in total. The van der Waals surface area contributed by atoms with Crippen molar-refractivity contribution in [3.63, 3.8) is 0 Å². The van der Waals surface area contributed by atoms with Gasteiger partial charge in [-0.25, -0.2) is 0 Å². The summed E-state index contributed by atoms with van der Waals surface area (Å²) in [5, 5.41) is 0. The predicted molar refractivity (Wildman–Crippen MR) is 11.5 cm³/mol. The van der Waals surface area contributed by atoms with Gasteiger partial charge < -0.3 is 0 Å². The quantitative estimate of drug-likeness (QED) is 0.281. The van der Waals surface area contributed by atoms with Gasteiger partial charge in [0, 0.05) is 174 Å². The van der Waals surface area contributed by atoms with E-state index in [1.807, 2.05) is 0 Å². The van der Waals surface area contributed by atoms with Crippen molar-refractivity contribution >= 4 is 43.3 Å². The first-order valence-electron chi connectivity index (χ1n) is 0. The first-order chi connectivity index (χ1) is 0. The van der Waals surface area contributed by atoms with Crippen molar-refractivity contribution in [1.29, 1.82) is 0 Å². The van der Waals surface area contributed by atoms with Crippen LogP contribution in [0.15, 0.2) is 0 Å². The third kappa shape index (κ3) is 33.9. The molecular weight excluding hydrogens is 881 g/mol. The number of hydrogen-bond donors (Lipinski definition) is 0. The number of rotatable bonds is 0. The fourth-order valence-corrected chi connectivity index (χ4v) is 0. The van der Waals surface area contributed by atoms with Crippen LogP contribution in [0.5, 0.6) is 0 Å². The Bertz CT molecular complexity index is 19.7. The maximum atomic E-state index is 0. The first-order valence-corrected chi connectivity index (χ1v) is 0. The van der Waals surface area contributed by atoms with E-state index < -0.39 is 0 Å². The summed E-state index contributed by atoms with van der Waals surface area (Å²) in [7, 11) is 0. The molecule has 0 aliphatic rings. The molecule has 0 spiro atoms. The van der Waals surface area contributed by atoms with E-state index in [0.29, 0.717) is 0 Å². The van der Waals surface area contributed by atoms with Gasteiger partial charge in [-0.05, 0) is 0 Å². The normalized spacial score (nSPS) is 0. The largest absolute Gasteiger partial charge is 0 e. The minimum absolute atomic E-state index is 0. The minimum Gasteiger partial charge on any atom is 0 e. The van der Waals surface area contributed by atoms with E-state index >= 15 is 0 Å². The maximum Gasteiger partial charge on any atom is 0 e. The topological polar surface area (TPSA) is 0 Å². The average molecular weight is 881 g/mol. The van der Waals surface area contributed by atoms with Crippen LogP contribution in [0.3, 0.4) is 0 Å². The Balaban J connectivity index is 0. The van der Waals surface area contributed by atoms with E-state index in [1.165, 1.54) is 0 Å². The summed E-state index contributed by atoms with van der Waals surface area (Å²) in [5.41, 5.74) is 0. The Morgan fingerprint density at radius 1 is 1.00 bits per heavy atom. The van der Waals surface area contributed by atoms with Gasteiger partial charge in [0.15, 0.2) is 0 Å². The molecule has 0 saturated heterocycles. The summed E-state index contributed by atoms with van der Waals surface area (Å²) in [6, 6.07) is 0. The molecule has 0 aromatic carbocycles. The molecule has 0 aliphatic carbocycles. The van der Waals surface area contributed by atoms with Gasteiger partial charge in [-0.1, -0.05) is 0 Å². The van der Waals surface area contributed by atoms with Gasteiger partial charge in [-0.15, -0.1) is 0 Å². The molecule has 0 bridgehead atoms. The zero-order valence-corrected chi connectivity index (χ0v) is 19.1. The van der Waals surface area contributed by atoms with Crippen LogP contribution in [0.4, 0.5) is 0 Å². The molecule has 7 heteroatoms. The molecule has 0 heterocycles. The Kier molecular flexibility index (Phi) is 315. The van der Waals surface area contributed by atoms with Gasteiger partial charge in [-0.3, -0.25) is 0 Å². The average Bonchev–Trinajstić information content (AvgIpc) is 0. The SMILES string of the molecule is [Bi].[Cr].[Lu].[Mo].[Se].[Ta].[Y]. The van der Waals surface area contributed by atoms with Crippen LogP contribution in [-0.2, 0) is 93.5 Å². The molecule has 0 aliphatic heterocycles. The van der Waals surface area contributed by atoms with Crippen LogP contribution in [0.25, 0.3) is 0 Å². The summed E-state index contributed by atoms with van der Waals surface area (Å²) in [4.78, 5) is 0. The molecule has 0 fully saturated rings. The fraction of sp³-hybridized carbons (Fsp3) is 0. The monoisotopic (exact) mass is 884 g/mol. The molecule has 7 heavy (non-hydrogen) atoms. The number of hydrogen-bond acceptors (Lipinski definition) is 0. The van der Waals surface area contributed by atoms with Crippen LogP contribution < -0.4 is 0 Å². The van der Waals surface area contributed by atoms with E-state index in [9.17, 15) is 0 Å². The van der Waals surface area contributed by atoms with E-state index in [4.69, 9.17) is 0 Å². The molecular formula is BiCrLuMoSeTaY. The molecule has 0 N–H and O–H groups in total. The summed E-state index contributed by atoms with van der Waals surface area (Å²) >= 11 is 0. The van der Waals surface area contributed by atoms with Crippen LogP contribution in [0.2, 0.25) is 0 Å². The molecule has 0 aromatic rings. The maximum absolute atomic E-state index is 0. The van der Waals surface area contributed by atoms with Gasteiger partial charge in [-0.2, -0.15) is 0 Å². The van der Waals surface area contributed by atoms with E-state index in [0.717, 1.165) is 0 Å². The minimum atomic E-state index is 0. The fourth-order valence-electron chi connectivity index (χ4n) is 0. The second-order valence-electron chi connectivity index (χ2n) is 0. The molecule has 8 radical (unpaired) electrons. The van der Waals surface area contributed by atoms with E-state index in [-0.39, 0.29) is 174 Å². The molecule has 0 rings (SSSR count). The second kappa shape index (κ2) is 41.2. The Morgan fingerprint density at radius 3 is 1.00 bits per heavy atom. The summed E-state index contributed by atoms with van der Waals surface area (Å²) in [5.74, 6) is 0. The zero-order chi connectivity index (χ0) is 0. The third-order valence-corrected chi connectivity index (χ3v) is 0. The van der Waals surface area contributed by atoms with Gasteiger partial charge >= 0.3 is 0 Å². The molecule has 0 atom stereocenters. The summed E-state index contributed by atoms with van der Waals surface area (Å²) in [6.07, 6.45) is 0. The van der Waals surface area contributed by atoms with Crippen LogP contribution in [0, 0.1) is 36.9 Å². The standard InChI is InChI=1S/Bi.Cr.Lu.Mo.Se.Ta.Y. The Hall–Kier alpha value is 5.70. The molecule has 46 valence electrons. The van der Waals surface area contributed by atoms with Crippen molar-refractivity contribution < 1.29 is 130 Å². The summed E-state index contributed by atoms with van der Waals surface area (Å²) in [6.45, 7) is 0. The van der Waals surface area contributed by atoms with E-state index in [1.54, 1.807) is 0 Å². The third-order valence-electron chi connectivity index (χ3n) is 0. The van der Waals surface area contributed by atoms with Crippen molar-refractivity contribution in [2.24, 2.45) is 0 Å². The smallest absolute Gasteiger partial charge is 0 e. The van der Waals surface area contributed by atoms with Gasteiger partial charge in [0.1, 0.15) is 0 Å². The molecule has 0 saturated carbocycles. The van der Waals surface area contributed by atoms with Crippen molar-refractivity contribution in [2.45, 2.75) is 0 Å². The van der Waals surface area contributed by atoms with Gasteiger partial charge in [0.25, 0.3) is 0 Å². The van der Waals surface area contributed by atoms with Crippen LogP contribution >= 0.6 is 0 Å². The Morgan fingerprint density at radius 2 is 1.00 bits per heavy atom. The predicted octanol–water partition coefficient (Wildman–Crippen LogP) is -0.772. The van der Waals surface area contributed by atoms with Crippen molar-refractivity contribution in [3.05, 3.63) is 0 Å². The van der Waals surface area contributed by atoms with Gasteiger partial charge in [0.2, 0.25) is 0 Å². The van der Waals surface area contributed by atoms with Crippen molar-refractivity contribution in [2.75, 3.05) is 0 Å². The molecule has 0 unspecified atom stereocenters. The van der Waals surface area contributed by atoms with E-state index in [2.05, 4.69) is 0 Å². The van der Waals surface area contributed by atoms with Gasteiger partial charge in [0.05, 0.1) is 0 Å². The summed E-state index contributed by atoms with van der Waals surface area (Å²) < 4.78 is 0. The van der Waals surface area contributed by atoms with Crippen LogP contribution in [-0.4, -0.2) is 43.3 Å². The van der Waals surface area contributed by atoms with Crippen molar-refractivity contribution in [1.82, 2.24) is 0 Å². The first kappa shape index (κ1) is 53.5. The molecule has 0 amide bonds. The zero-order valence-electron chi connectivity index (χ0n) is 2.95. The van der Waals surface area contributed by atoms with Crippen LogP contribution in [0.1, 0.15) is 0 Å². The second-order valence-corrected chi connectivity index (χ2v) is 0. The Labute approximate surface area is 169 Å². The van der Waals surface area contributed by atoms with Crippen molar-refractivity contribution in [3.8, 4) is 0 Å². The molecule has 0 aromatic heterocycles.